The highest BCUT2D eigenvalue weighted by Crippen LogP contribution is 2.47. The Hall–Kier alpha value is -2.20. The first-order chi connectivity index (χ1) is 10.7. The Morgan fingerprint density at radius 3 is 2.77 bits per heavy atom. The van der Waals surface area contributed by atoms with Crippen molar-refractivity contribution in [2.24, 2.45) is 5.92 Å². The predicted octanol–water partition coefficient (Wildman–Crippen LogP) is 3.71. The third-order valence-electron chi connectivity index (χ3n) is 3.93. The van der Waals surface area contributed by atoms with Crippen LogP contribution in [0.2, 0.25) is 0 Å². The fourth-order valence-electron chi connectivity index (χ4n) is 2.70. The van der Waals surface area contributed by atoms with Crippen molar-refractivity contribution in [3.63, 3.8) is 0 Å². The van der Waals surface area contributed by atoms with E-state index in [2.05, 4.69) is 5.32 Å². The average Bonchev–Trinajstić information content (AvgIpc) is 3.29. The number of anilines is 1. The minimum absolute atomic E-state index is 0.0175. The summed E-state index contributed by atoms with van der Waals surface area (Å²) in [5, 5.41) is 2.95. The van der Waals surface area contributed by atoms with Crippen molar-refractivity contribution < 1.29 is 13.9 Å². The molecule has 0 aliphatic heterocycles. The highest BCUT2D eigenvalue weighted by molar-refractivity contribution is 5.95. The lowest BCUT2D eigenvalue weighted by Gasteiger charge is -2.07. The van der Waals surface area contributed by atoms with Gasteiger partial charge in [-0.2, -0.15) is 0 Å². The lowest BCUT2D eigenvalue weighted by molar-refractivity contribution is -0.117. The second-order valence-electron chi connectivity index (χ2n) is 5.62. The van der Waals surface area contributed by atoms with Crippen molar-refractivity contribution in [3.8, 4) is 0 Å². The lowest BCUT2D eigenvalue weighted by Crippen LogP contribution is -2.14. The summed E-state index contributed by atoms with van der Waals surface area (Å²) in [6.07, 6.45) is 0.815. The van der Waals surface area contributed by atoms with E-state index in [1.165, 1.54) is 12.1 Å². The van der Waals surface area contributed by atoms with Crippen LogP contribution in [0.3, 0.4) is 0 Å². The molecule has 114 valence electrons. The third-order valence-corrected chi connectivity index (χ3v) is 3.93. The van der Waals surface area contributed by atoms with Crippen LogP contribution >= 0.6 is 0 Å². The van der Waals surface area contributed by atoms with Gasteiger partial charge < -0.3 is 10.1 Å². The fourth-order valence-corrected chi connectivity index (χ4v) is 2.70. The summed E-state index contributed by atoms with van der Waals surface area (Å²) >= 11 is 0. The molecular weight excluding hydrogens is 281 g/mol. The first-order valence-electron chi connectivity index (χ1n) is 7.31. The van der Waals surface area contributed by atoms with Crippen molar-refractivity contribution in [2.75, 3.05) is 12.4 Å². The van der Waals surface area contributed by atoms with Crippen LogP contribution in [0.4, 0.5) is 10.1 Å². The summed E-state index contributed by atoms with van der Waals surface area (Å²) in [6, 6.07) is 14.0. The Bertz CT molecular complexity index is 669. The topological polar surface area (TPSA) is 38.3 Å². The SMILES string of the molecule is COCc1cccc(NC(=O)[C@H]2C[C@@H]2c2ccc(F)cc2)c1. The number of carbonyl (C=O) groups excluding carboxylic acids is 1. The van der Waals surface area contributed by atoms with Gasteiger partial charge in [-0.25, -0.2) is 4.39 Å². The molecule has 0 heterocycles. The second-order valence-corrected chi connectivity index (χ2v) is 5.62. The van der Waals surface area contributed by atoms with Gasteiger partial charge in [-0.15, -0.1) is 0 Å². The van der Waals surface area contributed by atoms with Gasteiger partial charge in [0, 0.05) is 18.7 Å². The molecule has 1 aliphatic carbocycles. The maximum absolute atomic E-state index is 12.9. The van der Waals surface area contributed by atoms with Crippen LogP contribution in [0.5, 0.6) is 0 Å². The number of ether oxygens (including phenoxy) is 1. The van der Waals surface area contributed by atoms with Crippen LogP contribution in [-0.2, 0) is 16.1 Å². The number of nitrogens with one attached hydrogen (secondary N) is 1. The largest absolute Gasteiger partial charge is 0.380 e. The number of halogens is 1. The van der Waals surface area contributed by atoms with E-state index in [4.69, 9.17) is 4.74 Å². The van der Waals surface area contributed by atoms with Gasteiger partial charge in [-0.1, -0.05) is 24.3 Å². The Labute approximate surface area is 129 Å². The molecule has 0 aromatic heterocycles. The zero-order chi connectivity index (χ0) is 15.5. The first-order valence-corrected chi connectivity index (χ1v) is 7.31. The molecule has 22 heavy (non-hydrogen) atoms. The van der Waals surface area contributed by atoms with E-state index in [0.717, 1.165) is 23.2 Å². The maximum Gasteiger partial charge on any atom is 0.228 e. The van der Waals surface area contributed by atoms with Crippen molar-refractivity contribution in [1.82, 2.24) is 0 Å². The molecule has 4 heteroatoms. The monoisotopic (exact) mass is 299 g/mol. The Morgan fingerprint density at radius 1 is 1.27 bits per heavy atom. The van der Waals surface area contributed by atoms with Crippen molar-refractivity contribution in [1.29, 1.82) is 0 Å². The van der Waals surface area contributed by atoms with Crippen LogP contribution in [-0.4, -0.2) is 13.0 Å². The number of benzene rings is 2. The van der Waals surface area contributed by atoms with Crippen LogP contribution in [0.1, 0.15) is 23.5 Å². The molecule has 1 aliphatic rings. The zero-order valence-electron chi connectivity index (χ0n) is 12.4. The molecule has 2 atom stereocenters. The third kappa shape index (κ3) is 3.34. The fraction of sp³-hybridized carbons (Fsp3) is 0.278. The van der Waals surface area contributed by atoms with E-state index in [0.29, 0.717) is 6.61 Å². The molecule has 3 nitrogen and oxygen atoms in total. The number of hydrogen-bond donors (Lipinski definition) is 1. The number of methoxy groups -OCH3 is 1. The highest BCUT2D eigenvalue weighted by Gasteiger charge is 2.43. The molecule has 0 unspecified atom stereocenters. The van der Waals surface area contributed by atoms with Gasteiger partial charge in [-0.05, 0) is 47.7 Å². The molecule has 1 amide bonds. The lowest BCUT2D eigenvalue weighted by atomic mass is 10.1. The molecule has 0 spiro atoms. The van der Waals surface area contributed by atoms with E-state index in [1.54, 1.807) is 19.2 Å². The van der Waals surface area contributed by atoms with E-state index < -0.39 is 0 Å². The Morgan fingerprint density at radius 2 is 2.05 bits per heavy atom. The van der Waals surface area contributed by atoms with Crippen molar-refractivity contribution in [2.45, 2.75) is 18.9 Å². The van der Waals surface area contributed by atoms with Crippen LogP contribution in [0.25, 0.3) is 0 Å². The average molecular weight is 299 g/mol. The molecule has 2 aromatic rings. The number of carbonyl (C=O) groups is 1. The molecule has 1 saturated carbocycles. The molecule has 1 fully saturated rings. The van der Waals surface area contributed by atoms with Crippen LogP contribution in [0.15, 0.2) is 48.5 Å². The van der Waals surface area contributed by atoms with Crippen LogP contribution in [0, 0.1) is 11.7 Å². The molecule has 1 N–H and O–H groups in total. The summed E-state index contributed by atoms with van der Waals surface area (Å²) in [7, 11) is 1.64. The molecule has 0 radical (unpaired) electrons. The Kier molecular flexibility index (Phi) is 4.20. The van der Waals surface area contributed by atoms with Crippen molar-refractivity contribution in [3.05, 3.63) is 65.5 Å². The Balaban J connectivity index is 1.61. The van der Waals surface area contributed by atoms with Gasteiger partial charge >= 0.3 is 0 Å². The van der Waals surface area contributed by atoms with E-state index >= 15 is 0 Å². The van der Waals surface area contributed by atoms with Gasteiger partial charge in [0.25, 0.3) is 0 Å². The molecule has 0 bridgehead atoms. The summed E-state index contributed by atoms with van der Waals surface area (Å²) in [5.74, 6) is -0.0662. The van der Waals surface area contributed by atoms with Gasteiger partial charge in [-0.3, -0.25) is 4.79 Å². The first kappa shape index (κ1) is 14.7. The van der Waals surface area contributed by atoms with E-state index in [9.17, 15) is 9.18 Å². The number of hydrogen-bond acceptors (Lipinski definition) is 2. The molecule has 0 saturated heterocycles. The highest BCUT2D eigenvalue weighted by atomic mass is 19.1. The summed E-state index contributed by atoms with van der Waals surface area (Å²) < 4.78 is 18.0. The minimum Gasteiger partial charge on any atom is -0.380 e. The maximum atomic E-state index is 12.9. The summed E-state index contributed by atoms with van der Waals surface area (Å²) in [6.45, 7) is 0.519. The molecule has 2 aromatic carbocycles. The normalized spacial score (nSPS) is 19.7. The standard InChI is InChI=1S/C18H18FNO2/c1-22-11-12-3-2-4-15(9-12)20-18(21)17-10-16(17)13-5-7-14(19)8-6-13/h2-9,16-17H,10-11H2,1H3,(H,20,21)/t16-,17+/m1/s1. The quantitative estimate of drug-likeness (QED) is 0.914. The minimum atomic E-state index is -0.250. The van der Waals surface area contributed by atoms with E-state index in [-0.39, 0.29) is 23.6 Å². The smallest absolute Gasteiger partial charge is 0.228 e. The predicted molar refractivity (Wildman–Crippen MR) is 83.0 cm³/mol. The van der Waals surface area contributed by atoms with Gasteiger partial charge in [0.15, 0.2) is 0 Å². The van der Waals surface area contributed by atoms with Crippen LogP contribution < -0.4 is 5.32 Å². The van der Waals surface area contributed by atoms with E-state index in [1.807, 2.05) is 24.3 Å². The zero-order valence-corrected chi connectivity index (χ0v) is 12.4. The van der Waals surface area contributed by atoms with Gasteiger partial charge in [0.05, 0.1) is 6.61 Å². The van der Waals surface area contributed by atoms with Crippen molar-refractivity contribution >= 4 is 11.6 Å². The molecular formula is C18H18FNO2. The number of rotatable bonds is 5. The summed E-state index contributed by atoms with van der Waals surface area (Å²) in [4.78, 5) is 12.3. The summed E-state index contributed by atoms with van der Waals surface area (Å²) in [5.41, 5.74) is 2.82. The second kappa shape index (κ2) is 6.28. The van der Waals surface area contributed by atoms with Gasteiger partial charge in [0.2, 0.25) is 5.91 Å². The van der Waals surface area contributed by atoms with Gasteiger partial charge in [0.1, 0.15) is 5.82 Å². The number of amides is 1. The molecule has 3 rings (SSSR count).